The summed E-state index contributed by atoms with van der Waals surface area (Å²) in [5.41, 5.74) is 3.96. The summed E-state index contributed by atoms with van der Waals surface area (Å²) in [4.78, 5) is 12.9. The van der Waals surface area contributed by atoms with E-state index in [4.69, 9.17) is 5.11 Å². The third-order valence-corrected chi connectivity index (χ3v) is 3.95. The van der Waals surface area contributed by atoms with Crippen molar-refractivity contribution in [2.45, 2.75) is 26.1 Å². The van der Waals surface area contributed by atoms with Crippen LogP contribution in [-0.4, -0.2) is 38.4 Å². The van der Waals surface area contributed by atoms with Gasteiger partial charge in [-0.25, -0.2) is 0 Å². The van der Waals surface area contributed by atoms with Gasteiger partial charge in [0.2, 0.25) is 0 Å². The van der Waals surface area contributed by atoms with Crippen molar-refractivity contribution in [3.8, 4) is 11.1 Å². The zero-order chi connectivity index (χ0) is 15.7. The van der Waals surface area contributed by atoms with Crippen LogP contribution < -0.4 is 0 Å². The maximum atomic E-state index is 11.2. The molecule has 2 aromatic rings. The van der Waals surface area contributed by atoms with E-state index in [2.05, 4.69) is 10.00 Å². The fraction of sp³-hybridized carbons (Fsp3) is 0.400. The molecule has 0 saturated heterocycles. The van der Waals surface area contributed by atoms with Crippen LogP contribution in [-0.2, 0) is 19.6 Å². The summed E-state index contributed by atoms with van der Waals surface area (Å²) in [6, 6.07) is 3.39. The molecule has 7 nitrogen and oxygen atoms in total. The first-order valence-electron chi connectivity index (χ1n) is 7.21. The fourth-order valence-corrected chi connectivity index (χ4v) is 2.93. The smallest absolute Gasteiger partial charge is 0.274 e. The van der Waals surface area contributed by atoms with Crippen LogP contribution >= 0.6 is 0 Å². The van der Waals surface area contributed by atoms with Crippen molar-refractivity contribution in [1.29, 1.82) is 0 Å². The number of aliphatic hydroxyl groups is 1. The maximum absolute atomic E-state index is 11.2. The van der Waals surface area contributed by atoms with E-state index in [1.165, 1.54) is 0 Å². The Morgan fingerprint density at radius 2 is 2.14 bits per heavy atom. The monoisotopic (exact) mass is 302 g/mol. The van der Waals surface area contributed by atoms with Gasteiger partial charge in [-0.1, -0.05) is 0 Å². The van der Waals surface area contributed by atoms with Crippen LogP contribution in [0.5, 0.6) is 0 Å². The molecule has 1 aromatic carbocycles. The zero-order valence-electron chi connectivity index (χ0n) is 12.4. The Balaban J connectivity index is 2.00. The lowest BCUT2D eigenvalue weighted by Crippen LogP contribution is -2.08. The quantitative estimate of drug-likeness (QED) is 0.672. The number of nitro groups is 1. The largest absolute Gasteiger partial charge is 0.396 e. The van der Waals surface area contributed by atoms with Gasteiger partial charge in [-0.05, 0) is 30.7 Å². The molecule has 0 amide bonds. The first-order chi connectivity index (χ1) is 10.6. The summed E-state index contributed by atoms with van der Waals surface area (Å²) < 4.78 is 1.79. The Morgan fingerprint density at radius 1 is 1.36 bits per heavy atom. The molecule has 0 spiro atoms. The van der Waals surface area contributed by atoms with Crippen LogP contribution in [0.4, 0.5) is 5.69 Å². The van der Waals surface area contributed by atoms with Crippen molar-refractivity contribution in [3.63, 3.8) is 0 Å². The number of aromatic nitrogens is 2. The van der Waals surface area contributed by atoms with Gasteiger partial charge in [-0.3, -0.25) is 19.7 Å². The first-order valence-corrected chi connectivity index (χ1v) is 7.21. The molecule has 3 rings (SSSR count). The predicted molar refractivity (Wildman–Crippen MR) is 81.2 cm³/mol. The van der Waals surface area contributed by atoms with Crippen molar-refractivity contribution in [2.75, 3.05) is 13.7 Å². The molecular weight excluding hydrogens is 284 g/mol. The molecule has 1 aliphatic heterocycles. The number of fused-ring (bicyclic) bond motifs is 1. The van der Waals surface area contributed by atoms with E-state index < -0.39 is 0 Å². The highest BCUT2D eigenvalue weighted by atomic mass is 16.6. The second-order valence-electron chi connectivity index (χ2n) is 5.59. The second kappa shape index (κ2) is 5.86. The summed E-state index contributed by atoms with van der Waals surface area (Å²) in [5, 5.41) is 24.4. The Morgan fingerprint density at radius 3 is 2.86 bits per heavy atom. The highest BCUT2D eigenvalue weighted by Crippen LogP contribution is 2.37. The number of nitro benzene ring substituents is 1. The molecule has 0 bridgehead atoms. The van der Waals surface area contributed by atoms with Crippen LogP contribution in [0.15, 0.2) is 24.5 Å². The molecule has 116 valence electrons. The maximum Gasteiger partial charge on any atom is 0.274 e. The Kier molecular flexibility index (Phi) is 3.91. The number of hydrogen-bond donors (Lipinski definition) is 1. The molecule has 0 radical (unpaired) electrons. The Labute approximate surface area is 127 Å². The zero-order valence-corrected chi connectivity index (χ0v) is 12.4. The van der Waals surface area contributed by atoms with Crippen molar-refractivity contribution in [3.05, 3.63) is 45.8 Å². The number of aliphatic hydroxyl groups excluding tert-OH is 1. The molecule has 0 atom stereocenters. The molecule has 0 fully saturated rings. The molecular formula is C15H18N4O3. The topological polar surface area (TPSA) is 84.4 Å². The Bertz CT molecular complexity index is 711. The minimum atomic E-state index is -0.313. The summed E-state index contributed by atoms with van der Waals surface area (Å²) >= 11 is 0. The van der Waals surface area contributed by atoms with Crippen molar-refractivity contribution < 1.29 is 10.0 Å². The number of hydrogen-bond acceptors (Lipinski definition) is 5. The minimum absolute atomic E-state index is 0.132. The summed E-state index contributed by atoms with van der Waals surface area (Å²) in [6.07, 6.45) is 4.36. The number of benzene rings is 1. The second-order valence-corrected chi connectivity index (χ2v) is 5.59. The van der Waals surface area contributed by atoms with E-state index in [0.29, 0.717) is 26.1 Å². The first kappa shape index (κ1) is 14.7. The van der Waals surface area contributed by atoms with Crippen LogP contribution in [0.1, 0.15) is 17.5 Å². The van der Waals surface area contributed by atoms with Gasteiger partial charge >= 0.3 is 0 Å². The third-order valence-electron chi connectivity index (χ3n) is 3.95. The van der Waals surface area contributed by atoms with Crippen molar-refractivity contribution in [1.82, 2.24) is 14.7 Å². The number of rotatable bonds is 5. The molecule has 1 aliphatic rings. The average molecular weight is 302 g/mol. The molecule has 0 saturated carbocycles. The van der Waals surface area contributed by atoms with Crippen LogP contribution in [0.3, 0.4) is 0 Å². The Hall–Kier alpha value is -2.25. The van der Waals surface area contributed by atoms with Gasteiger partial charge in [-0.2, -0.15) is 5.10 Å². The van der Waals surface area contributed by atoms with E-state index in [9.17, 15) is 10.1 Å². The van der Waals surface area contributed by atoms with Crippen LogP contribution in [0.2, 0.25) is 0 Å². The summed E-state index contributed by atoms with van der Waals surface area (Å²) in [5.74, 6) is 0. The van der Waals surface area contributed by atoms with E-state index in [1.54, 1.807) is 16.9 Å². The minimum Gasteiger partial charge on any atom is -0.396 e. The van der Waals surface area contributed by atoms with Crippen molar-refractivity contribution >= 4 is 5.69 Å². The van der Waals surface area contributed by atoms with Gasteiger partial charge in [0.1, 0.15) is 0 Å². The number of nitrogens with zero attached hydrogens (tertiary/aromatic N) is 4. The van der Waals surface area contributed by atoms with Gasteiger partial charge in [0.05, 0.1) is 11.1 Å². The summed E-state index contributed by atoms with van der Waals surface area (Å²) in [7, 11) is 1.96. The molecule has 22 heavy (non-hydrogen) atoms. The van der Waals surface area contributed by atoms with Crippen LogP contribution in [0, 0.1) is 10.1 Å². The molecule has 2 heterocycles. The predicted octanol–water partition coefficient (Wildman–Crippen LogP) is 1.79. The van der Waals surface area contributed by atoms with Gasteiger partial charge < -0.3 is 5.11 Å². The number of aryl methyl sites for hydroxylation is 1. The van der Waals surface area contributed by atoms with Gasteiger partial charge in [0, 0.05) is 49.6 Å². The van der Waals surface area contributed by atoms with Gasteiger partial charge in [0.25, 0.3) is 5.69 Å². The SMILES string of the molecule is CN1Cc2c(-c3cnn(CCCO)c3)ccc([N+](=O)[O-])c2C1. The van der Waals surface area contributed by atoms with Crippen molar-refractivity contribution in [2.24, 2.45) is 0 Å². The average Bonchev–Trinajstić information content (AvgIpc) is 3.09. The molecule has 0 unspecified atom stereocenters. The normalized spacial score (nSPS) is 14.3. The van der Waals surface area contributed by atoms with E-state index >= 15 is 0 Å². The highest BCUT2D eigenvalue weighted by molar-refractivity contribution is 5.71. The van der Waals surface area contributed by atoms with Gasteiger partial charge in [0.15, 0.2) is 0 Å². The third kappa shape index (κ3) is 2.60. The van der Waals surface area contributed by atoms with Gasteiger partial charge in [-0.15, -0.1) is 0 Å². The standard InChI is InChI=1S/C15H18N4O3/c1-17-9-13-12(3-4-15(19(21)22)14(13)10-17)11-7-16-18(8-11)5-2-6-20/h3-4,7-8,20H,2,5-6,9-10H2,1H3. The van der Waals surface area contributed by atoms with E-state index in [-0.39, 0.29) is 17.2 Å². The lowest BCUT2D eigenvalue weighted by atomic mass is 9.98. The highest BCUT2D eigenvalue weighted by Gasteiger charge is 2.28. The van der Waals surface area contributed by atoms with E-state index in [0.717, 1.165) is 22.3 Å². The van der Waals surface area contributed by atoms with E-state index in [1.807, 2.05) is 19.3 Å². The van der Waals surface area contributed by atoms with Crippen LogP contribution in [0.25, 0.3) is 11.1 Å². The lowest BCUT2D eigenvalue weighted by molar-refractivity contribution is -0.385. The lowest BCUT2D eigenvalue weighted by Gasteiger charge is -2.07. The molecule has 0 aliphatic carbocycles. The molecule has 1 aromatic heterocycles. The molecule has 7 heteroatoms. The molecule has 1 N–H and O–H groups in total. The summed E-state index contributed by atoms with van der Waals surface area (Å²) in [6.45, 7) is 2.09. The fourth-order valence-electron chi connectivity index (χ4n) is 2.93.